The van der Waals surface area contributed by atoms with Crippen LogP contribution in [0.4, 0.5) is 0 Å². The van der Waals surface area contributed by atoms with Crippen molar-refractivity contribution in [2.24, 2.45) is 10.4 Å². The number of ether oxygens (including phenoxy) is 1. The molecular formula is C18H30ClN3O2. The van der Waals surface area contributed by atoms with Crippen molar-refractivity contribution in [3.8, 4) is 0 Å². The maximum absolute atomic E-state index is 10.3. The Bertz CT molecular complexity index is 512. The molecular weight excluding hydrogens is 326 g/mol. The second-order valence-corrected chi connectivity index (χ2v) is 7.19. The van der Waals surface area contributed by atoms with E-state index in [4.69, 9.17) is 16.3 Å². The van der Waals surface area contributed by atoms with E-state index < -0.39 is 6.10 Å². The second-order valence-electron chi connectivity index (χ2n) is 6.76. The highest BCUT2D eigenvalue weighted by Crippen LogP contribution is 2.21. The molecule has 0 amide bonds. The Morgan fingerprint density at radius 2 is 1.88 bits per heavy atom. The van der Waals surface area contributed by atoms with Gasteiger partial charge >= 0.3 is 0 Å². The van der Waals surface area contributed by atoms with Gasteiger partial charge in [-0.3, -0.25) is 4.99 Å². The van der Waals surface area contributed by atoms with E-state index in [0.29, 0.717) is 24.1 Å². The molecule has 0 aromatic heterocycles. The van der Waals surface area contributed by atoms with Crippen molar-refractivity contribution in [2.75, 3.05) is 26.7 Å². The maximum atomic E-state index is 10.3. The third kappa shape index (κ3) is 7.07. The third-order valence-electron chi connectivity index (χ3n) is 3.73. The number of aliphatic hydroxyl groups is 1. The van der Waals surface area contributed by atoms with Gasteiger partial charge in [0.05, 0.1) is 18.8 Å². The van der Waals surface area contributed by atoms with E-state index in [1.807, 2.05) is 19.1 Å². The van der Waals surface area contributed by atoms with Gasteiger partial charge in [0.15, 0.2) is 5.96 Å². The number of benzene rings is 1. The van der Waals surface area contributed by atoms with Gasteiger partial charge in [-0.2, -0.15) is 0 Å². The highest BCUT2D eigenvalue weighted by atomic mass is 35.5. The number of halogens is 1. The summed E-state index contributed by atoms with van der Waals surface area (Å²) in [7, 11) is 1.70. The maximum Gasteiger partial charge on any atom is 0.191 e. The number of rotatable bonds is 7. The molecule has 5 nitrogen and oxygen atoms in total. The van der Waals surface area contributed by atoms with Gasteiger partial charge in [-0.05, 0) is 30.0 Å². The van der Waals surface area contributed by atoms with Crippen molar-refractivity contribution in [1.29, 1.82) is 0 Å². The zero-order valence-corrected chi connectivity index (χ0v) is 16.0. The molecule has 0 heterocycles. The third-order valence-corrected chi connectivity index (χ3v) is 3.98. The van der Waals surface area contributed by atoms with Gasteiger partial charge < -0.3 is 20.5 Å². The Kier molecular flexibility index (Phi) is 8.53. The fraction of sp³-hybridized carbons (Fsp3) is 0.611. The number of nitrogens with one attached hydrogen (secondary N) is 2. The molecule has 0 aliphatic carbocycles. The van der Waals surface area contributed by atoms with Crippen LogP contribution in [0.1, 0.15) is 39.4 Å². The molecule has 3 N–H and O–H groups in total. The monoisotopic (exact) mass is 355 g/mol. The fourth-order valence-electron chi connectivity index (χ4n) is 2.21. The Labute approximate surface area is 150 Å². The number of guanidine groups is 1. The number of hydrogen-bond donors (Lipinski definition) is 3. The van der Waals surface area contributed by atoms with E-state index in [-0.39, 0.29) is 11.5 Å². The normalized spacial score (nSPS) is 15.0. The van der Waals surface area contributed by atoms with Crippen molar-refractivity contribution in [1.82, 2.24) is 10.6 Å². The zero-order chi connectivity index (χ0) is 18.2. The number of aliphatic hydroxyl groups excluding tert-OH is 1. The van der Waals surface area contributed by atoms with Gasteiger partial charge in [0.1, 0.15) is 0 Å². The van der Waals surface area contributed by atoms with Crippen molar-refractivity contribution < 1.29 is 9.84 Å². The Balaban J connectivity index is 2.64. The van der Waals surface area contributed by atoms with Crippen LogP contribution in [0.25, 0.3) is 0 Å². The van der Waals surface area contributed by atoms with E-state index in [2.05, 4.69) is 36.4 Å². The predicted octanol–water partition coefficient (Wildman–Crippen LogP) is 2.99. The summed E-state index contributed by atoms with van der Waals surface area (Å²) in [5.41, 5.74) is 0.825. The van der Waals surface area contributed by atoms with E-state index in [9.17, 15) is 5.11 Å². The van der Waals surface area contributed by atoms with Crippen LogP contribution in [0.5, 0.6) is 0 Å². The molecule has 0 aliphatic heterocycles. The largest absolute Gasteiger partial charge is 0.387 e. The van der Waals surface area contributed by atoms with Crippen molar-refractivity contribution in [3.63, 3.8) is 0 Å². The molecule has 6 heteroatoms. The minimum Gasteiger partial charge on any atom is -0.387 e. The zero-order valence-electron chi connectivity index (χ0n) is 15.3. The highest BCUT2D eigenvalue weighted by molar-refractivity contribution is 6.30. The molecule has 1 aromatic carbocycles. The van der Waals surface area contributed by atoms with Crippen LogP contribution in [0.15, 0.2) is 29.3 Å². The van der Waals surface area contributed by atoms with Gasteiger partial charge in [0.25, 0.3) is 0 Å². The lowest BCUT2D eigenvalue weighted by Gasteiger charge is -2.28. The van der Waals surface area contributed by atoms with Crippen LogP contribution in [-0.4, -0.2) is 43.9 Å². The van der Waals surface area contributed by atoms with Crippen LogP contribution in [0.2, 0.25) is 5.02 Å². The van der Waals surface area contributed by atoms with E-state index in [0.717, 1.165) is 12.1 Å². The average molecular weight is 356 g/mol. The van der Waals surface area contributed by atoms with E-state index in [1.165, 1.54) is 0 Å². The number of aliphatic imine (C=N–C) groups is 1. The summed E-state index contributed by atoms with van der Waals surface area (Å²) < 4.78 is 5.52. The molecule has 1 aromatic rings. The first-order valence-electron chi connectivity index (χ1n) is 8.26. The Hall–Kier alpha value is -1.30. The first-order chi connectivity index (χ1) is 11.3. The minimum atomic E-state index is -0.632. The number of methoxy groups -OCH3 is 1. The summed E-state index contributed by atoms with van der Waals surface area (Å²) in [6, 6.07) is 7.18. The van der Waals surface area contributed by atoms with Gasteiger partial charge in [0.2, 0.25) is 0 Å². The quantitative estimate of drug-likeness (QED) is 0.519. The van der Waals surface area contributed by atoms with E-state index >= 15 is 0 Å². The van der Waals surface area contributed by atoms with Gasteiger partial charge in [-0.1, -0.05) is 44.5 Å². The average Bonchev–Trinajstić information content (AvgIpc) is 2.52. The summed E-state index contributed by atoms with van der Waals surface area (Å²) in [6.45, 7) is 10.0. The second kappa shape index (κ2) is 9.87. The van der Waals surface area contributed by atoms with Crippen molar-refractivity contribution in [2.45, 2.75) is 39.9 Å². The van der Waals surface area contributed by atoms with Crippen molar-refractivity contribution >= 4 is 17.6 Å². The van der Waals surface area contributed by atoms with Gasteiger partial charge in [-0.25, -0.2) is 0 Å². The number of hydrogen-bond acceptors (Lipinski definition) is 3. The molecule has 0 spiro atoms. The van der Waals surface area contributed by atoms with Crippen LogP contribution in [0.3, 0.4) is 0 Å². The highest BCUT2D eigenvalue weighted by Gasteiger charge is 2.24. The lowest BCUT2D eigenvalue weighted by molar-refractivity contribution is 0.0241. The molecule has 0 aliphatic rings. The molecule has 0 bridgehead atoms. The molecule has 0 radical (unpaired) electrons. The topological polar surface area (TPSA) is 65.9 Å². The molecule has 1 rings (SSSR count). The first kappa shape index (κ1) is 20.7. The van der Waals surface area contributed by atoms with Crippen molar-refractivity contribution in [3.05, 3.63) is 34.9 Å². The molecule has 0 fully saturated rings. The molecule has 24 heavy (non-hydrogen) atoms. The van der Waals surface area contributed by atoms with Gasteiger partial charge in [0, 0.05) is 25.2 Å². The minimum absolute atomic E-state index is 0.0123. The lowest BCUT2D eigenvalue weighted by atomic mass is 9.89. The summed E-state index contributed by atoms with van der Waals surface area (Å²) in [4.78, 5) is 4.57. The molecule has 136 valence electrons. The summed E-state index contributed by atoms with van der Waals surface area (Å²) in [5.74, 6) is 0.664. The standard InChI is InChI=1S/C18H30ClN3O2/c1-6-20-17(22-12-16(24-5)18(2,3)4)21-11-15(23)13-7-9-14(19)10-8-13/h7-10,15-16,23H,6,11-12H2,1-5H3,(H2,20,21,22). The molecule has 0 saturated carbocycles. The summed E-state index contributed by atoms with van der Waals surface area (Å²) in [5, 5.41) is 17.3. The smallest absolute Gasteiger partial charge is 0.191 e. The summed E-state index contributed by atoms with van der Waals surface area (Å²) in [6.07, 6.45) is -0.610. The van der Waals surface area contributed by atoms with Crippen LogP contribution >= 0.6 is 11.6 Å². The Morgan fingerprint density at radius 1 is 1.25 bits per heavy atom. The SMILES string of the molecule is CCNC(=NCC(OC)C(C)(C)C)NCC(O)c1ccc(Cl)cc1. The first-order valence-corrected chi connectivity index (χ1v) is 8.64. The van der Waals surface area contributed by atoms with Crippen LogP contribution < -0.4 is 10.6 Å². The van der Waals surface area contributed by atoms with Crippen LogP contribution in [-0.2, 0) is 4.74 Å². The Morgan fingerprint density at radius 3 is 2.38 bits per heavy atom. The predicted molar refractivity (Wildman–Crippen MR) is 101 cm³/mol. The van der Waals surface area contributed by atoms with E-state index in [1.54, 1.807) is 19.2 Å². The molecule has 0 saturated heterocycles. The number of nitrogens with zero attached hydrogens (tertiary/aromatic N) is 1. The fourth-order valence-corrected chi connectivity index (χ4v) is 2.34. The molecule has 2 unspecified atom stereocenters. The van der Waals surface area contributed by atoms with Gasteiger partial charge in [-0.15, -0.1) is 0 Å². The molecule has 2 atom stereocenters. The summed E-state index contributed by atoms with van der Waals surface area (Å²) >= 11 is 5.87. The van der Waals surface area contributed by atoms with Crippen LogP contribution in [0, 0.1) is 5.41 Å². The lowest BCUT2D eigenvalue weighted by Crippen LogP contribution is -2.41.